The van der Waals surface area contributed by atoms with Crippen LogP contribution in [0, 0.1) is 6.92 Å². The van der Waals surface area contributed by atoms with Crippen LogP contribution in [0.3, 0.4) is 0 Å². The molecule has 3 nitrogen and oxygen atoms in total. The second-order valence-electron chi connectivity index (χ2n) is 6.02. The minimum atomic E-state index is -0.876. The highest BCUT2D eigenvalue weighted by molar-refractivity contribution is 5.92. The Hall–Kier alpha value is -1.51. The van der Waals surface area contributed by atoms with E-state index < -0.39 is 5.97 Å². The Bertz CT molecular complexity index is 540. The lowest BCUT2D eigenvalue weighted by molar-refractivity contribution is 0.0692. The fraction of sp³-hybridized carbons (Fsp3) is 0.588. The number of aromatic carboxylic acids is 1. The third-order valence-electron chi connectivity index (χ3n) is 4.65. The van der Waals surface area contributed by atoms with E-state index in [9.17, 15) is 9.90 Å². The summed E-state index contributed by atoms with van der Waals surface area (Å²) in [6, 6.07) is 1.89. The molecule has 2 aliphatic carbocycles. The highest BCUT2D eigenvalue weighted by atomic mass is 16.5. The first-order valence-electron chi connectivity index (χ1n) is 7.67. The summed E-state index contributed by atoms with van der Waals surface area (Å²) in [6.45, 7) is 4.45. The zero-order valence-electron chi connectivity index (χ0n) is 12.2. The van der Waals surface area contributed by atoms with Crippen LogP contribution in [0.25, 0.3) is 0 Å². The van der Waals surface area contributed by atoms with Crippen molar-refractivity contribution in [2.45, 2.75) is 57.8 Å². The maximum Gasteiger partial charge on any atom is 0.339 e. The van der Waals surface area contributed by atoms with Gasteiger partial charge < -0.3 is 9.84 Å². The Morgan fingerprint density at radius 2 is 2.00 bits per heavy atom. The number of carboxylic acids is 1. The van der Waals surface area contributed by atoms with Gasteiger partial charge in [-0.25, -0.2) is 4.79 Å². The minimum Gasteiger partial charge on any atom is -0.493 e. The first-order chi connectivity index (χ1) is 9.63. The normalized spacial score (nSPS) is 18.7. The van der Waals surface area contributed by atoms with Gasteiger partial charge >= 0.3 is 5.97 Å². The molecular formula is C17H22O3. The monoisotopic (exact) mass is 274 g/mol. The summed E-state index contributed by atoms with van der Waals surface area (Å²) in [4.78, 5) is 11.5. The molecule has 0 atom stereocenters. The standard InChI is InChI=1S/C17H22O3/c1-3-20-16-10(2)15(12-5-4-6-12)13(11-7-8-11)9-14(16)17(18)19/h9,11-12H,3-8H2,1-2H3,(H,18,19). The van der Waals surface area contributed by atoms with Crippen molar-refractivity contribution in [1.82, 2.24) is 0 Å². The van der Waals surface area contributed by atoms with E-state index in [1.165, 1.54) is 43.2 Å². The summed E-state index contributed by atoms with van der Waals surface area (Å²) in [6.07, 6.45) is 6.16. The van der Waals surface area contributed by atoms with Crippen molar-refractivity contribution in [2.24, 2.45) is 0 Å². The largest absolute Gasteiger partial charge is 0.493 e. The zero-order chi connectivity index (χ0) is 14.3. The lowest BCUT2D eigenvalue weighted by Gasteiger charge is -2.31. The van der Waals surface area contributed by atoms with Gasteiger partial charge in [0.1, 0.15) is 11.3 Å². The van der Waals surface area contributed by atoms with Crippen LogP contribution in [0.15, 0.2) is 6.07 Å². The molecule has 2 fully saturated rings. The number of rotatable bonds is 5. The van der Waals surface area contributed by atoms with Gasteiger partial charge in [-0.15, -0.1) is 0 Å². The maximum absolute atomic E-state index is 11.5. The molecule has 0 radical (unpaired) electrons. The van der Waals surface area contributed by atoms with Crippen LogP contribution in [0.5, 0.6) is 5.75 Å². The number of carbonyl (C=O) groups is 1. The van der Waals surface area contributed by atoms with Crippen LogP contribution in [0.1, 0.15) is 77.9 Å². The molecule has 1 aromatic carbocycles. The van der Waals surface area contributed by atoms with E-state index in [1.807, 2.05) is 19.9 Å². The maximum atomic E-state index is 11.5. The van der Waals surface area contributed by atoms with Crippen molar-refractivity contribution in [3.8, 4) is 5.75 Å². The predicted octanol–water partition coefficient (Wildman–Crippen LogP) is 4.24. The quantitative estimate of drug-likeness (QED) is 0.873. The molecule has 1 aromatic rings. The van der Waals surface area contributed by atoms with Gasteiger partial charge in [0.2, 0.25) is 0 Å². The fourth-order valence-corrected chi connectivity index (χ4v) is 3.30. The molecule has 2 aliphatic rings. The van der Waals surface area contributed by atoms with Crippen LogP contribution in [-0.4, -0.2) is 17.7 Å². The highest BCUT2D eigenvalue weighted by Gasteiger charge is 2.34. The summed E-state index contributed by atoms with van der Waals surface area (Å²) in [5, 5.41) is 9.46. The van der Waals surface area contributed by atoms with Crippen LogP contribution < -0.4 is 4.74 Å². The molecule has 1 N–H and O–H groups in total. The smallest absolute Gasteiger partial charge is 0.339 e. The first kappa shape index (κ1) is 13.5. The van der Waals surface area contributed by atoms with Crippen molar-refractivity contribution < 1.29 is 14.6 Å². The summed E-state index contributed by atoms with van der Waals surface area (Å²) in [7, 11) is 0. The van der Waals surface area contributed by atoms with Crippen LogP contribution in [-0.2, 0) is 0 Å². The number of carboxylic acid groups (broad SMARTS) is 1. The second kappa shape index (κ2) is 5.12. The highest BCUT2D eigenvalue weighted by Crippen LogP contribution is 2.50. The first-order valence-corrected chi connectivity index (χ1v) is 7.67. The lowest BCUT2D eigenvalue weighted by atomic mass is 9.75. The number of ether oxygens (including phenoxy) is 1. The van der Waals surface area contributed by atoms with Crippen molar-refractivity contribution >= 4 is 5.97 Å². The van der Waals surface area contributed by atoms with Crippen LogP contribution in [0.4, 0.5) is 0 Å². The van der Waals surface area contributed by atoms with Gasteiger partial charge in [-0.2, -0.15) is 0 Å². The van der Waals surface area contributed by atoms with E-state index in [0.717, 1.165) is 5.56 Å². The molecule has 0 aromatic heterocycles. The molecule has 0 heterocycles. The molecule has 2 saturated carbocycles. The number of benzene rings is 1. The van der Waals surface area contributed by atoms with Crippen molar-refractivity contribution in [2.75, 3.05) is 6.61 Å². The van der Waals surface area contributed by atoms with Gasteiger partial charge in [0.05, 0.1) is 6.61 Å². The Balaban J connectivity index is 2.15. The van der Waals surface area contributed by atoms with E-state index in [2.05, 4.69) is 0 Å². The summed E-state index contributed by atoms with van der Waals surface area (Å²) >= 11 is 0. The van der Waals surface area contributed by atoms with Gasteiger partial charge in [-0.05, 0) is 74.1 Å². The molecule has 3 heteroatoms. The minimum absolute atomic E-state index is 0.342. The topological polar surface area (TPSA) is 46.5 Å². The number of hydrogen-bond donors (Lipinski definition) is 1. The fourth-order valence-electron chi connectivity index (χ4n) is 3.30. The number of hydrogen-bond acceptors (Lipinski definition) is 2. The van der Waals surface area contributed by atoms with E-state index in [-0.39, 0.29) is 0 Å². The molecular weight excluding hydrogens is 252 g/mol. The van der Waals surface area contributed by atoms with Gasteiger partial charge in [-0.3, -0.25) is 0 Å². The third kappa shape index (κ3) is 2.19. The summed E-state index contributed by atoms with van der Waals surface area (Å²) < 4.78 is 5.66. The van der Waals surface area contributed by atoms with Crippen molar-refractivity contribution in [3.63, 3.8) is 0 Å². The molecule has 108 valence electrons. The van der Waals surface area contributed by atoms with E-state index in [1.54, 1.807) is 0 Å². The molecule has 0 unspecified atom stereocenters. The molecule has 3 rings (SSSR count). The molecule has 20 heavy (non-hydrogen) atoms. The van der Waals surface area contributed by atoms with E-state index in [4.69, 9.17) is 4.74 Å². The van der Waals surface area contributed by atoms with Gasteiger partial charge in [0, 0.05) is 0 Å². The molecule has 0 spiro atoms. The van der Waals surface area contributed by atoms with Gasteiger partial charge in [-0.1, -0.05) is 6.42 Å². The molecule has 0 bridgehead atoms. The molecule has 0 aliphatic heterocycles. The van der Waals surface area contributed by atoms with Crippen LogP contribution >= 0.6 is 0 Å². The Morgan fingerprint density at radius 1 is 1.30 bits per heavy atom. The average molecular weight is 274 g/mol. The second-order valence-corrected chi connectivity index (χ2v) is 6.02. The summed E-state index contributed by atoms with van der Waals surface area (Å²) in [5.74, 6) is 0.913. The predicted molar refractivity (Wildman–Crippen MR) is 77.9 cm³/mol. The third-order valence-corrected chi connectivity index (χ3v) is 4.65. The van der Waals surface area contributed by atoms with Crippen molar-refractivity contribution in [3.05, 3.63) is 28.3 Å². The van der Waals surface area contributed by atoms with Gasteiger partial charge in [0.15, 0.2) is 0 Å². The zero-order valence-corrected chi connectivity index (χ0v) is 12.2. The Labute approximate surface area is 120 Å². The molecule has 0 saturated heterocycles. The Morgan fingerprint density at radius 3 is 2.45 bits per heavy atom. The Kier molecular flexibility index (Phi) is 3.45. The SMILES string of the molecule is CCOc1c(C(=O)O)cc(C2CC2)c(C2CCC2)c1C. The molecule has 0 amide bonds. The van der Waals surface area contributed by atoms with Crippen LogP contribution in [0.2, 0.25) is 0 Å². The van der Waals surface area contributed by atoms with E-state index >= 15 is 0 Å². The lowest BCUT2D eigenvalue weighted by Crippen LogP contribution is -2.16. The average Bonchev–Trinajstić information content (AvgIpc) is 3.16. The summed E-state index contributed by atoms with van der Waals surface area (Å²) in [5.41, 5.74) is 4.09. The van der Waals surface area contributed by atoms with Crippen molar-refractivity contribution in [1.29, 1.82) is 0 Å². The van der Waals surface area contributed by atoms with E-state index in [0.29, 0.717) is 29.8 Å². The van der Waals surface area contributed by atoms with Gasteiger partial charge in [0.25, 0.3) is 0 Å².